The van der Waals surface area contributed by atoms with Crippen LogP contribution in [0, 0.1) is 0 Å². The van der Waals surface area contributed by atoms with Gasteiger partial charge >= 0.3 is 0 Å². The minimum absolute atomic E-state index is 0.0435. The van der Waals surface area contributed by atoms with Crippen LogP contribution >= 0.6 is 23.4 Å². The average Bonchev–Trinajstić information content (AvgIpc) is 3.16. The first-order valence-corrected chi connectivity index (χ1v) is 9.73. The predicted octanol–water partition coefficient (Wildman–Crippen LogP) is 4.41. The van der Waals surface area contributed by atoms with Gasteiger partial charge in [0.1, 0.15) is 0 Å². The van der Waals surface area contributed by atoms with Crippen LogP contribution in [0.1, 0.15) is 12.8 Å². The van der Waals surface area contributed by atoms with E-state index in [1.165, 1.54) is 11.8 Å². The summed E-state index contributed by atoms with van der Waals surface area (Å²) in [5.41, 5.74) is 1.47. The summed E-state index contributed by atoms with van der Waals surface area (Å²) in [4.78, 5) is 21.7. The monoisotopic (exact) mass is 398 g/mol. The second kappa shape index (κ2) is 7.54. The van der Waals surface area contributed by atoms with E-state index in [-0.39, 0.29) is 5.56 Å². The lowest BCUT2D eigenvalue weighted by molar-refractivity contribution is 0.391. The van der Waals surface area contributed by atoms with Gasteiger partial charge in [0.15, 0.2) is 5.16 Å². The van der Waals surface area contributed by atoms with Crippen LogP contribution in [-0.2, 0) is 12.3 Å². The van der Waals surface area contributed by atoms with Crippen LogP contribution in [0.5, 0.6) is 0 Å². The molecule has 2 aromatic heterocycles. The fourth-order valence-corrected chi connectivity index (χ4v) is 3.72. The molecule has 0 unspecified atom stereocenters. The standard InChI is InChI=1S/C19H15ClN4O2S/c1-2-24-18(25)14-5-3-4-6-15(14)21-19(24)27-11-16-22-17(23-26-16)12-7-9-13(20)10-8-12/h3-10H,2,11H2,1H3. The summed E-state index contributed by atoms with van der Waals surface area (Å²) < 4.78 is 6.99. The van der Waals surface area contributed by atoms with Crippen LogP contribution in [-0.4, -0.2) is 19.7 Å². The summed E-state index contributed by atoms with van der Waals surface area (Å²) in [6, 6.07) is 14.6. The maximum absolute atomic E-state index is 12.7. The number of nitrogens with zero attached hydrogens (tertiary/aromatic N) is 4. The number of para-hydroxylation sites is 1. The Morgan fingerprint density at radius 1 is 1.11 bits per heavy atom. The normalized spacial score (nSPS) is 11.2. The number of hydrogen-bond acceptors (Lipinski definition) is 6. The van der Waals surface area contributed by atoms with Gasteiger partial charge in [-0.15, -0.1) is 0 Å². The van der Waals surface area contributed by atoms with Crippen LogP contribution in [0.2, 0.25) is 5.02 Å². The first-order chi connectivity index (χ1) is 13.2. The van der Waals surface area contributed by atoms with Gasteiger partial charge < -0.3 is 4.52 Å². The zero-order chi connectivity index (χ0) is 18.8. The molecular weight excluding hydrogens is 384 g/mol. The highest BCUT2D eigenvalue weighted by Gasteiger charge is 2.13. The molecule has 0 aliphatic carbocycles. The molecule has 0 radical (unpaired) electrons. The molecule has 0 fully saturated rings. The summed E-state index contributed by atoms with van der Waals surface area (Å²) in [6.45, 7) is 2.46. The third-order valence-corrected chi connectivity index (χ3v) is 5.25. The second-order valence-electron chi connectivity index (χ2n) is 5.77. The van der Waals surface area contributed by atoms with Crippen molar-refractivity contribution in [1.82, 2.24) is 19.7 Å². The van der Waals surface area contributed by atoms with Gasteiger partial charge in [0.25, 0.3) is 5.56 Å². The quantitative estimate of drug-likeness (QED) is 0.366. The molecule has 0 aliphatic heterocycles. The topological polar surface area (TPSA) is 73.8 Å². The highest BCUT2D eigenvalue weighted by Crippen LogP contribution is 2.24. The number of fused-ring (bicyclic) bond motifs is 1. The van der Waals surface area contributed by atoms with E-state index in [1.807, 2.05) is 37.3 Å². The molecule has 0 saturated heterocycles. The Balaban J connectivity index is 1.59. The lowest BCUT2D eigenvalue weighted by Crippen LogP contribution is -2.22. The Labute approximate surface area is 164 Å². The SMILES string of the molecule is CCn1c(SCc2nc(-c3ccc(Cl)cc3)no2)nc2ccccc2c1=O. The number of hydrogen-bond donors (Lipinski definition) is 0. The molecule has 136 valence electrons. The van der Waals surface area contributed by atoms with Crippen molar-refractivity contribution in [2.75, 3.05) is 0 Å². The van der Waals surface area contributed by atoms with E-state index in [2.05, 4.69) is 15.1 Å². The van der Waals surface area contributed by atoms with Crippen molar-refractivity contribution in [3.05, 3.63) is 69.8 Å². The minimum atomic E-state index is -0.0435. The Kier molecular flexibility index (Phi) is 4.96. The van der Waals surface area contributed by atoms with Crippen molar-refractivity contribution < 1.29 is 4.52 Å². The van der Waals surface area contributed by atoms with Crippen molar-refractivity contribution in [3.63, 3.8) is 0 Å². The molecule has 27 heavy (non-hydrogen) atoms. The van der Waals surface area contributed by atoms with Gasteiger partial charge in [-0.3, -0.25) is 9.36 Å². The number of thioether (sulfide) groups is 1. The third kappa shape index (κ3) is 3.61. The van der Waals surface area contributed by atoms with Gasteiger partial charge in [-0.1, -0.05) is 40.7 Å². The average molecular weight is 399 g/mol. The van der Waals surface area contributed by atoms with Gasteiger partial charge in [0, 0.05) is 17.1 Å². The zero-order valence-electron chi connectivity index (χ0n) is 14.4. The van der Waals surface area contributed by atoms with E-state index >= 15 is 0 Å². The highest BCUT2D eigenvalue weighted by molar-refractivity contribution is 7.98. The smallest absolute Gasteiger partial charge is 0.262 e. The highest BCUT2D eigenvalue weighted by atomic mass is 35.5. The van der Waals surface area contributed by atoms with Gasteiger partial charge in [0.05, 0.1) is 16.7 Å². The lowest BCUT2D eigenvalue weighted by Gasteiger charge is -2.10. The molecule has 4 rings (SSSR count). The Bertz CT molecular complexity index is 1150. The number of aromatic nitrogens is 4. The molecule has 8 heteroatoms. The third-order valence-electron chi connectivity index (χ3n) is 4.04. The molecule has 4 aromatic rings. The molecular formula is C19H15ClN4O2S. The molecule has 0 N–H and O–H groups in total. The molecule has 0 atom stereocenters. The van der Waals surface area contributed by atoms with Crippen molar-refractivity contribution in [2.45, 2.75) is 24.4 Å². The fourth-order valence-electron chi connectivity index (χ4n) is 2.69. The Morgan fingerprint density at radius 2 is 1.89 bits per heavy atom. The first-order valence-electron chi connectivity index (χ1n) is 8.36. The van der Waals surface area contributed by atoms with Gasteiger partial charge in [-0.05, 0) is 43.3 Å². The maximum atomic E-state index is 12.7. The van der Waals surface area contributed by atoms with E-state index in [0.717, 1.165) is 5.56 Å². The van der Waals surface area contributed by atoms with Gasteiger partial charge in [0.2, 0.25) is 11.7 Å². The van der Waals surface area contributed by atoms with Crippen molar-refractivity contribution in [2.24, 2.45) is 0 Å². The van der Waals surface area contributed by atoms with Gasteiger partial charge in [-0.25, -0.2) is 4.98 Å². The molecule has 2 heterocycles. The van der Waals surface area contributed by atoms with Gasteiger partial charge in [-0.2, -0.15) is 4.98 Å². The van der Waals surface area contributed by atoms with Crippen LogP contribution < -0.4 is 5.56 Å². The summed E-state index contributed by atoms with van der Waals surface area (Å²) in [5.74, 6) is 1.39. The molecule has 2 aromatic carbocycles. The lowest BCUT2D eigenvalue weighted by atomic mass is 10.2. The van der Waals surface area contributed by atoms with E-state index in [9.17, 15) is 4.79 Å². The number of halogens is 1. The molecule has 0 spiro atoms. The van der Waals surface area contributed by atoms with Crippen molar-refractivity contribution in [1.29, 1.82) is 0 Å². The summed E-state index contributed by atoms with van der Waals surface area (Å²) in [6.07, 6.45) is 0. The fraction of sp³-hybridized carbons (Fsp3) is 0.158. The summed E-state index contributed by atoms with van der Waals surface area (Å²) in [7, 11) is 0. The van der Waals surface area contributed by atoms with E-state index in [0.29, 0.717) is 45.1 Å². The molecule has 0 aliphatic rings. The zero-order valence-corrected chi connectivity index (χ0v) is 16.0. The summed E-state index contributed by atoms with van der Waals surface area (Å²) >= 11 is 7.30. The molecule has 0 amide bonds. The molecule has 6 nitrogen and oxygen atoms in total. The number of rotatable bonds is 5. The Morgan fingerprint density at radius 3 is 2.67 bits per heavy atom. The summed E-state index contributed by atoms with van der Waals surface area (Å²) in [5, 5.41) is 5.91. The predicted molar refractivity (Wildman–Crippen MR) is 106 cm³/mol. The van der Waals surface area contributed by atoms with Crippen molar-refractivity contribution in [3.8, 4) is 11.4 Å². The second-order valence-corrected chi connectivity index (χ2v) is 7.15. The number of benzene rings is 2. The van der Waals surface area contributed by atoms with E-state index < -0.39 is 0 Å². The minimum Gasteiger partial charge on any atom is -0.338 e. The largest absolute Gasteiger partial charge is 0.338 e. The first kappa shape index (κ1) is 17.8. The van der Waals surface area contributed by atoms with E-state index in [4.69, 9.17) is 16.1 Å². The van der Waals surface area contributed by atoms with Crippen molar-refractivity contribution >= 4 is 34.3 Å². The van der Waals surface area contributed by atoms with Crippen LogP contribution in [0.25, 0.3) is 22.3 Å². The van der Waals surface area contributed by atoms with Crippen LogP contribution in [0.4, 0.5) is 0 Å². The Hall–Kier alpha value is -2.64. The molecule has 0 saturated carbocycles. The molecule has 0 bridgehead atoms. The van der Waals surface area contributed by atoms with Crippen LogP contribution in [0.15, 0.2) is 63.0 Å². The maximum Gasteiger partial charge on any atom is 0.262 e. The van der Waals surface area contributed by atoms with E-state index in [1.54, 1.807) is 22.8 Å². The van der Waals surface area contributed by atoms with Crippen LogP contribution in [0.3, 0.4) is 0 Å².